The smallest absolute Gasteiger partial charge is 0.291 e. The van der Waals surface area contributed by atoms with Crippen LogP contribution in [0.25, 0.3) is 0 Å². The van der Waals surface area contributed by atoms with Gasteiger partial charge < -0.3 is 14.6 Å². The molecule has 0 spiro atoms. The van der Waals surface area contributed by atoms with Crippen molar-refractivity contribution in [2.24, 2.45) is 0 Å². The zero-order valence-electron chi connectivity index (χ0n) is 14.2. The Morgan fingerprint density at radius 1 is 1.30 bits per heavy atom. The summed E-state index contributed by atoms with van der Waals surface area (Å²) in [7, 11) is 0. The lowest BCUT2D eigenvalue weighted by molar-refractivity contribution is 0.0980. The molecule has 0 radical (unpaired) electrons. The summed E-state index contributed by atoms with van der Waals surface area (Å²) in [5, 5.41) is 3.47. The van der Waals surface area contributed by atoms with Crippen LogP contribution in [0.3, 0.4) is 0 Å². The molecule has 1 aliphatic heterocycles. The highest BCUT2D eigenvalue weighted by atomic mass is 79.9. The van der Waals surface area contributed by atoms with Gasteiger partial charge in [-0.25, -0.2) is 4.98 Å². The van der Waals surface area contributed by atoms with Crippen LogP contribution >= 0.6 is 27.7 Å². The maximum Gasteiger partial charge on any atom is 0.291 e. The molecule has 0 fully saturated rings. The number of amides is 2. The van der Waals surface area contributed by atoms with Gasteiger partial charge >= 0.3 is 0 Å². The van der Waals surface area contributed by atoms with E-state index in [2.05, 4.69) is 26.2 Å². The minimum Gasteiger partial charge on any atom is -0.444 e. The lowest BCUT2D eigenvalue weighted by Gasteiger charge is -2.21. The van der Waals surface area contributed by atoms with Gasteiger partial charge in [0, 0.05) is 23.3 Å². The van der Waals surface area contributed by atoms with Crippen LogP contribution in [-0.4, -0.2) is 23.3 Å². The number of benzene rings is 1. The number of nitrogens with zero attached hydrogens (tertiary/aromatic N) is 2. The Bertz CT molecular complexity index is 1050. The monoisotopic (exact) mass is 443 g/mol. The number of rotatable bonds is 3. The van der Waals surface area contributed by atoms with Crippen LogP contribution in [0.1, 0.15) is 27.8 Å². The van der Waals surface area contributed by atoms with Gasteiger partial charge in [0.25, 0.3) is 11.8 Å². The van der Waals surface area contributed by atoms with Crippen molar-refractivity contribution < 1.29 is 14.0 Å². The number of pyridine rings is 1. The Morgan fingerprint density at radius 2 is 2.15 bits per heavy atom. The summed E-state index contributed by atoms with van der Waals surface area (Å²) in [6.45, 7) is 2.46. The fraction of sp³-hybridized carbons (Fsp3) is 0.105. The molecule has 0 atom stereocenters. The third-order valence-electron chi connectivity index (χ3n) is 4.08. The molecule has 3 aromatic rings. The second-order valence-corrected chi connectivity index (χ2v) is 7.56. The molecule has 0 saturated carbocycles. The Balaban J connectivity index is 1.70. The number of halogens is 1. The molecule has 27 heavy (non-hydrogen) atoms. The third kappa shape index (κ3) is 3.38. The maximum absolute atomic E-state index is 12.9. The van der Waals surface area contributed by atoms with Gasteiger partial charge in [-0.15, -0.1) is 0 Å². The first-order valence-electron chi connectivity index (χ1n) is 8.22. The molecule has 0 bridgehead atoms. The molecule has 2 amide bonds. The van der Waals surface area contributed by atoms with Gasteiger partial charge in [-0.2, -0.15) is 0 Å². The first-order chi connectivity index (χ1) is 13.1. The van der Waals surface area contributed by atoms with E-state index in [1.807, 2.05) is 19.1 Å². The zero-order chi connectivity index (χ0) is 19.0. The Kier molecular flexibility index (Phi) is 4.75. The van der Waals surface area contributed by atoms with Gasteiger partial charge in [-0.3, -0.25) is 9.59 Å². The highest BCUT2D eigenvalue weighted by Crippen LogP contribution is 2.41. The van der Waals surface area contributed by atoms with E-state index in [0.717, 1.165) is 10.6 Å². The van der Waals surface area contributed by atoms with E-state index in [-0.39, 0.29) is 17.6 Å². The number of hydrogen-bond donors (Lipinski definition) is 1. The lowest BCUT2D eigenvalue weighted by atomic mass is 10.2. The lowest BCUT2D eigenvalue weighted by Crippen LogP contribution is -2.30. The third-order valence-corrected chi connectivity index (χ3v) is 5.57. The average Bonchev–Trinajstić information content (AvgIpc) is 3.06. The predicted molar refractivity (Wildman–Crippen MR) is 107 cm³/mol. The normalized spacial score (nSPS) is 13.0. The largest absolute Gasteiger partial charge is 0.444 e. The SMILES string of the molecule is CCN1C(=O)c2cccnc2Sc2cc(NC(=O)c3ccc(Br)o3)ccc21. The van der Waals surface area contributed by atoms with E-state index < -0.39 is 0 Å². The number of nitrogens with one attached hydrogen (secondary N) is 1. The predicted octanol–water partition coefficient (Wildman–Crippen LogP) is 4.82. The zero-order valence-corrected chi connectivity index (χ0v) is 16.6. The van der Waals surface area contributed by atoms with E-state index in [1.165, 1.54) is 11.8 Å². The molecule has 136 valence electrons. The summed E-state index contributed by atoms with van der Waals surface area (Å²) in [5.74, 6) is -0.216. The van der Waals surface area contributed by atoms with Crippen LogP contribution in [0.4, 0.5) is 11.4 Å². The molecular formula is C19H14BrN3O3S. The Morgan fingerprint density at radius 3 is 2.89 bits per heavy atom. The molecule has 1 aromatic carbocycles. The minimum atomic E-state index is -0.346. The first-order valence-corrected chi connectivity index (χ1v) is 9.83. The maximum atomic E-state index is 12.9. The highest BCUT2D eigenvalue weighted by Gasteiger charge is 2.27. The van der Waals surface area contributed by atoms with Crippen molar-refractivity contribution in [3.63, 3.8) is 0 Å². The summed E-state index contributed by atoms with van der Waals surface area (Å²) >= 11 is 4.60. The van der Waals surface area contributed by atoms with Crippen molar-refractivity contribution >= 4 is 50.9 Å². The van der Waals surface area contributed by atoms with Crippen molar-refractivity contribution in [3.05, 3.63) is 64.7 Å². The molecule has 4 rings (SSSR count). The van der Waals surface area contributed by atoms with Crippen molar-refractivity contribution in [1.29, 1.82) is 0 Å². The standard InChI is InChI=1S/C19H14BrN3O3S/c1-2-23-13-6-5-11(22-17(24)14-7-8-16(20)26-14)10-15(13)27-18-12(19(23)25)4-3-9-21-18/h3-10H,2H2,1H3,(H,22,24). The summed E-state index contributed by atoms with van der Waals surface area (Å²) in [4.78, 5) is 32.1. The number of aromatic nitrogens is 1. The summed E-state index contributed by atoms with van der Waals surface area (Å²) in [6, 6.07) is 12.2. The van der Waals surface area contributed by atoms with Crippen molar-refractivity contribution in [2.45, 2.75) is 16.8 Å². The second-order valence-electron chi connectivity index (χ2n) is 5.75. The Labute approximate surface area is 168 Å². The van der Waals surface area contributed by atoms with E-state index in [1.54, 1.807) is 41.4 Å². The number of fused-ring (bicyclic) bond motifs is 2. The van der Waals surface area contributed by atoms with E-state index in [9.17, 15) is 9.59 Å². The molecular weight excluding hydrogens is 430 g/mol. The quantitative estimate of drug-likeness (QED) is 0.627. The van der Waals surface area contributed by atoms with Crippen LogP contribution in [0, 0.1) is 0 Å². The van der Waals surface area contributed by atoms with Crippen molar-refractivity contribution in [1.82, 2.24) is 4.98 Å². The molecule has 2 aromatic heterocycles. The number of anilines is 2. The van der Waals surface area contributed by atoms with E-state index >= 15 is 0 Å². The van der Waals surface area contributed by atoms with Gasteiger partial charge in [-0.05, 0) is 65.3 Å². The van der Waals surface area contributed by atoms with E-state index in [0.29, 0.717) is 27.5 Å². The van der Waals surface area contributed by atoms with Crippen LogP contribution in [-0.2, 0) is 0 Å². The van der Waals surface area contributed by atoms with Crippen LogP contribution in [0.5, 0.6) is 0 Å². The average molecular weight is 444 g/mol. The molecule has 8 heteroatoms. The minimum absolute atomic E-state index is 0.0796. The van der Waals surface area contributed by atoms with Gasteiger partial charge in [0.05, 0.1) is 11.3 Å². The van der Waals surface area contributed by atoms with Gasteiger partial charge in [-0.1, -0.05) is 11.8 Å². The number of carbonyl (C=O) groups excluding carboxylic acids is 2. The molecule has 1 N–H and O–H groups in total. The molecule has 6 nitrogen and oxygen atoms in total. The summed E-state index contributed by atoms with van der Waals surface area (Å²) in [5.41, 5.74) is 1.98. The van der Waals surface area contributed by atoms with Crippen LogP contribution in [0.15, 0.2) is 67.7 Å². The van der Waals surface area contributed by atoms with E-state index in [4.69, 9.17) is 4.42 Å². The molecule has 0 aliphatic carbocycles. The molecule has 1 aliphatic rings. The summed E-state index contributed by atoms with van der Waals surface area (Å²) in [6.07, 6.45) is 1.67. The number of hydrogen-bond acceptors (Lipinski definition) is 5. The highest BCUT2D eigenvalue weighted by molar-refractivity contribution is 9.10. The van der Waals surface area contributed by atoms with Crippen molar-refractivity contribution in [2.75, 3.05) is 16.8 Å². The fourth-order valence-electron chi connectivity index (χ4n) is 2.83. The summed E-state index contributed by atoms with van der Waals surface area (Å²) < 4.78 is 5.77. The Hall–Kier alpha value is -2.58. The van der Waals surface area contributed by atoms with Gasteiger partial charge in [0.15, 0.2) is 10.4 Å². The number of furan rings is 1. The van der Waals surface area contributed by atoms with Gasteiger partial charge in [0.1, 0.15) is 5.03 Å². The first kappa shape index (κ1) is 17.8. The molecule has 3 heterocycles. The number of carbonyl (C=O) groups is 2. The van der Waals surface area contributed by atoms with Crippen molar-refractivity contribution in [3.8, 4) is 0 Å². The molecule has 0 unspecified atom stereocenters. The van der Waals surface area contributed by atoms with Gasteiger partial charge in [0.2, 0.25) is 0 Å². The topological polar surface area (TPSA) is 75.4 Å². The molecule has 0 saturated heterocycles. The fourth-order valence-corrected chi connectivity index (χ4v) is 4.20. The van der Waals surface area contributed by atoms with Crippen LogP contribution < -0.4 is 10.2 Å². The second kappa shape index (κ2) is 7.21. The van der Waals surface area contributed by atoms with Crippen LogP contribution in [0.2, 0.25) is 0 Å².